The molecule has 10 heteroatoms. The van der Waals surface area contributed by atoms with Crippen molar-refractivity contribution in [1.29, 1.82) is 0 Å². The number of fused-ring (bicyclic) bond motifs is 1. The van der Waals surface area contributed by atoms with Crippen molar-refractivity contribution >= 4 is 44.2 Å². The van der Waals surface area contributed by atoms with Crippen molar-refractivity contribution in [2.45, 2.75) is 0 Å². The number of aromatic nitrogens is 2. The molecule has 0 saturated carbocycles. The minimum atomic E-state index is -0.634. The van der Waals surface area contributed by atoms with Gasteiger partial charge >= 0.3 is 0 Å². The molecule has 0 bridgehead atoms. The molecule has 2 N–H and O–H groups in total. The number of ether oxygens (including phenoxy) is 2. The van der Waals surface area contributed by atoms with Gasteiger partial charge in [-0.05, 0) is 30.3 Å². The molecule has 30 heavy (non-hydrogen) atoms. The minimum Gasteiger partial charge on any atom is -0.503 e. The molecule has 2 aromatic carbocycles. The number of pyridine rings is 1. The Morgan fingerprint density at radius 3 is 2.80 bits per heavy atom. The van der Waals surface area contributed by atoms with E-state index in [9.17, 15) is 14.3 Å². The number of hydrogen-bond donors (Lipinski definition) is 2. The molecule has 4 rings (SSSR count). The lowest BCUT2D eigenvalue weighted by atomic mass is 10.3. The van der Waals surface area contributed by atoms with E-state index in [1.807, 2.05) is 0 Å². The molecule has 0 atom stereocenters. The summed E-state index contributed by atoms with van der Waals surface area (Å²) < 4.78 is 25.2. The van der Waals surface area contributed by atoms with Gasteiger partial charge in [-0.3, -0.25) is 10.1 Å². The summed E-state index contributed by atoms with van der Waals surface area (Å²) in [5, 5.41) is 13.2. The minimum absolute atomic E-state index is 0.0383. The van der Waals surface area contributed by atoms with E-state index in [0.29, 0.717) is 21.1 Å². The van der Waals surface area contributed by atoms with Crippen molar-refractivity contribution in [3.05, 3.63) is 65.2 Å². The van der Waals surface area contributed by atoms with Crippen LogP contribution in [0.25, 0.3) is 10.2 Å². The summed E-state index contributed by atoms with van der Waals surface area (Å²) in [6.07, 6.45) is 1.35. The highest BCUT2D eigenvalue weighted by molar-refractivity contribution is 7.22. The molecule has 0 aliphatic heterocycles. The third kappa shape index (κ3) is 3.98. The molecule has 0 saturated heterocycles. The molecule has 0 spiro atoms. The van der Waals surface area contributed by atoms with Crippen LogP contribution in [-0.2, 0) is 0 Å². The fourth-order valence-electron chi connectivity index (χ4n) is 2.63. The van der Waals surface area contributed by atoms with Crippen molar-refractivity contribution in [3.63, 3.8) is 0 Å². The van der Waals surface area contributed by atoms with E-state index in [1.165, 1.54) is 42.8 Å². The summed E-state index contributed by atoms with van der Waals surface area (Å²) in [5.74, 6) is -1.00. The zero-order valence-corrected chi connectivity index (χ0v) is 16.9. The van der Waals surface area contributed by atoms with Gasteiger partial charge in [0.1, 0.15) is 5.75 Å². The molecule has 2 heterocycles. The van der Waals surface area contributed by atoms with Crippen LogP contribution in [-0.4, -0.2) is 28.1 Å². The topological polar surface area (TPSA) is 93.6 Å². The number of carbonyl (C=O) groups is 1. The Labute approximate surface area is 178 Å². The van der Waals surface area contributed by atoms with E-state index in [1.54, 1.807) is 18.2 Å². The Bertz CT molecular complexity index is 1260. The van der Waals surface area contributed by atoms with Crippen LogP contribution < -0.4 is 14.8 Å². The van der Waals surface area contributed by atoms with E-state index in [-0.39, 0.29) is 28.0 Å². The van der Waals surface area contributed by atoms with Crippen LogP contribution in [0.15, 0.2) is 48.7 Å². The normalized spacial score (nSPS) is 10.8. The second-order valence-electron chi connectivity index (χ2n) is 5.99. The molecule has 1 amide bonds. The molecular weight excluding hydrogens is 433 g/mol. The molecule has 0 aliphatic carbocycles. The third-order valence-corrected chi connectivity index (χ3v) is 5.19. The third-order valence-electron chi connectivity index (χ3n) is 4.02. The van der Waals surface area contributed by atoms with Gasteiger partial charge in [-0.25, -0.2) is 14.4 Å². The monoisotopic (exact) mass is 445 g/mol. The number of aromatic hydroxyl groups is 1. The van der Waals surface area contributed by atoms with Gasteiger partial charge in [-0.2, -0.15) is 0 Å². The second-order valence-corrected chi connectivity index (χ2v) is 7.46. The van der Waals surface area contributed by atoms with Crippen molar-refractivity contribution in [2.75, 3.05) is 12.4 Å². The predicted octanol–water partition coefficient (Wildman–Crippen LogP) is 5.24. The number of halogens is 2. The van der Waals surface area contributed by atoms with Gasteiger partial charge < -0.3 is 14.6 Å². The number of carbonyl (C=O) groups excluding carboxylic acids is 1. The van der Waals surface area contributed by atoms with Crippen LogP contribution >= 0.6 is 22.9 Å². The Morgan fingerprint density at radius 1 is 1.20 bits per heavy atom. The Balaban J connectivity index is 1.56. The molecule has 152 valence electrons. The Hall–Kier alpha value is -3.43. The molecule has 0 aliphatic rings. The van der Waals surface area contributed by atoms with Gasteiger partial charge in [0.05, 0.1) is 17.3 Å². The highest BCUT2D eigenvalue weighted by Gasteiger charge is 2.18. The standard InChI is InChI=1S/C20H13ClFN3O4S/c1-28-15-6-7-23-17(18(15)26)19(27)25-20-24-13-4-3-11(9-16(13)30-20)29-14-5-2-10(21)8-12(14)22/h2-9,26H,1H3,(H,24,25,27). The summed E-state index contributed by atoms with van der Waals surface area (Å²) in [7, 11) is 1.37. The first kappa shape index (κ1) is 19.9. The average Bonchev–Trinajstić information content (AvgIpc) is 3.11. The SMILES string of the molecule is COc1ccnc(C(=O)Nc2nc3ccc(Oc4ccc(Cl)cc4F)cc3s2)c1O. The molecule has 0 unspecified atom stereocenters. The van der Waals surface area contributed by atoms with E-state index in [2.05, 4.69) is 15.3 Å². The summed E-state index contributed by atoms with van der Waals surface area (Å²) in [6, 6.07) is 10.6. The van der Waals surface area contributed by atoms with E-state index < -0.39 is 11.7 Å². The maximum atomic E-state index is 13.9. The summed E-state index contributed by atoms with van der Waals surface area (Å²) in [4.78, 5) is 20.7. The second kappa shape index (κ2) is 8.13. The number of rotatable bonds is 5. The molecule has 7 nitrogen and oxygen atoms in total. The number of benzene rings is 2. The first-order valence-electron chi connectivity index (χ1n) is 8.51. The maximum Gasteiger partial charge on any atom is 0.280 e. The lowest BCUT2D eigenvalue weighted by Gasteiger charge is -2.06. The Morgan fingerprint density at radius 2 is 2.03 bits per heavy atom. The number of amides is 1. The lowest BCUT2D eigenvalue weighted by Crippen LogP contribution is -2.13. The van der Waals surface area contributed by atoms with Crippen molar-refractivity contribution in [3.8, 4) is 23.0 Å². The smallest absolute Gasteiger partial charge is 0.280 e. The van der Waals surface area contributed by atoms with Crippen molar-refractivity contribution in [1.82, 2.24) is 9.97 Å². The zero-order chi connectivity index (χ0) is 21.3. The van der Waals surface area contributed by atoms with Crippen LogP contribution in [0.3, 0.4) is 0 Å². The summed E-state index contributed by atoms with van der Waals surface area (Å²) in [6.45, 7) is 0. The number of nitrogens with zero attached hydrogens (tertiary/aromatic N) is 2. The van der Waals surface area contributed by atoms with E-state index in [0.717, 1.165) is 6.07 Å². The number of anilines is 1. The number of hydrogen-bond acceptors (Lipinski definition) is 7. The first-order valence-corrected chi connectivity index (χ1v) is 9.71. The number of thiazole rings is 1. The van der Waals surface area contributed by atoms with Crippen LogP contribution in [0, 0.1) is 5.82 Å². The first-order chi connectivity index (χ1) is 14.4. The predicted molar refractivity (Wildman–Crippen MR) is 112 cm³/mol. The van der Waals surface area contributed by atoms with Gasteiger partial charge in [0.15, 0.2) is 33.9 Å². The van der Waals surface area contributed by atoms with Gasteiger partial charge in [-0.15, -0.1) is 0 Å². The van der Waals surface area contributed by atoms with Gasteiger partial charge in [0.2, 0.25) is 0 Å². The Kier molecular flexibility index (Phi) is 5.39. The fourth-order valence-corrected chi connectivity index (χ4v) is 3.68. The maximum absolute atomic E-state index is 13.9. The van der Waals surface area contributed by atoms with Crippen molar-refractivity contribution in [2.24, 2.45) is 0 Å². The number of methoxy groups -OCH3 is 1. The van der Waals surface area contributed by atoms with Crippen molar-refractivity contribution < 1.29 is 23.8 Å². The highest BCUT2D eigenvalue weighted by atomic mass is 35.5. The van der Waals surface area contributed by atoms with Crippen LogP contribution in [0.4, 0.5) is 9.52 Å². The van der Waals surface area contributed by atoms with Gasteiger partial charge in [0, 0.05) is 23.4 Å². The average molecular weight is 446 g/mol. The lowest BCUT2D eigenvalue weighted by molar-refractivity contribution is 0.101. The quantitative estimate of drug-likeness (QED) is 0.436. The molecule has 0 radical (unpaired) electrons. The molecule has 0 fully saturated rings. The molecule has 4 aromatic rings. The van der Waals surface area contributed by atoms with Crippen LogP contribution in [0.1, 0.15) is 10.5 Å². The van der Waals surface area contributed by atoms with Gasteiger partial charge in [-0.1, -0.05) is 22.9 Å². The summed E-state index contributed by atoms with van der Waals surface area (Å²) >= 11 is 6.94. The van der Waals surface area contributed by atoms with E-state index >= 15 is 0 Å². The van der Waals surface area contributed by atoms with Crippen LogP contribution in [0.5, 0.6) is 23.0 Å². The summed E-state index contributed by atoms with van der Waals surface area (Å²) in [5.41, 5.74) is 0.429. The highest BCUT2D eigenvalue weighted by Crippen LogP contribution is 2.33. The fraction of sp³-hybridized carbons (Fsp3) is 0.0500. The van der Waals surface area contributed by atoms with Crippen LogP contribution in [0.2, 0.25) is 5.02 Å². The molecule has 2 aromatic heterocycles. The largest absolute Gasteiger partial charge is 0.503 e. The zero-order valence-electron chi connectivity index (χ0n) is 15.3. The van der Waals surface area contributed by atoms with E-state index in [4.69, 9.17) is 21.1 Å². The van der Waals surface area contributed by atoms with Gasteiger partial charge in [0.25, 0.3) is 5.91 Å². The number of nitrogens with one attached hydrogen (secondary N) is 1. The molecular formula is C20H13ClFN3O4S.